The Bertz CT molecular complexity index is 499. The van der Waals surface area contributed by atoms with Gasteiger partial charge in [-0.1, -0.05) is 15.9 Å². The first-order valence-corrected chi connectivity index (χ1v) is 7.69. The molecule has 0 spiro atoms. The van der Waals surface area contributed by atoms with E-state index in [1.807, 2.05) is 11.9 Å². The first kappa shape index (κ1) is 18.5. The van der Waals surface area contributed by atoms with Crippen LogP contribution in [0, 0.1) is 0 Å². The predicted molar refractivity (Wildman–Crippen MR) is 87.6 cm³/mol. The van der Waals surface area contributed by atoms with E-state index in [1.54, 1.807) is 18.3 Å². The van der Waals surface area contributed by atoms with Gasteiger partial charge in [-0.05, 0) is 19.2 Å². The predicted octanol–water partition coefficient (Wildman–Crippen LogP) is 0.867. The molecule has 0 saturated heterocycles. The maximum atomic E-state index is 12.1. The van der Waals surface area contributed by atoms with Crippen molar-refractivity contribution in [2.45, 2.75) is 6.42 Å². The van der Waals surface area contributed by atoms with E-state index in [0.29, 0.717) is 18.9 Å². The van der Waals surface area contributed by atoms with Crippen LogP contribution in [0.3, 0.4) is 0 Å². The summed E-state index contributed by atoms with van der Waals surface area (Å²) in [6.07, 6.45) is 1.86. The summed E-state index contributed by atoms with van der Waals surface area (Å²) >= 11 is 3.32. The SMILES string of the molecule is CNCCN(CCC(=O)OC)CC(=O)Nc1cc(Br)ccn1. The smallest absolute Gasteiger partial charge is 0.306 e. The molecule has 1 amide bonds. The Morgan fingerprint density at radius 1 is 1.41 bits per heavy atom. The number of nitrogens with one attached hydrogen (secondary N) is 2. The van der Waals surface area contributed by atoms with Gasteiger partial charge < -0.3 is 15.4 Å². The molecule has 2 N–H and O–H groups in total. The fourth-order valence-electron chi connectivity index (χ4n) is 1.75. The molecule has 0 fully saturated rings. The Morgan fingerprint density at radius 2 is 2.18 bits per heavy atom. The summed E-state index contributed by atoms with van der Waals surface area (Å²) in [6, 6.07) is 3.51. The molecule has 0 aliphatic heterocycles. The first-order chi connectivity index (χ1) is 10.5. The molecule has 0 saturated carbocycles. The van der Waals surface area contributed by atoms with Gasteiger partial charge in [0.2, 0.25) is 5.91 Å². The van der Waals surface area contributed by atoms with E-state index < -0.39 is 0 Å². The van der Waals surface area contributed by atoms with Crippen molar-refractivity contribution in [1.82, 2.24) is 15.2 Å². The highest BCUT2D eigenvalue weighted by atomic mass is 79.9. The second-order valence-electron chi connectivity index (χ2n) is 4.61. The third kappa shape index (κ3) is 7.48. The number of aromatic nitrogens is 1. The largest absolute Gasteiger partial charge is 0.469 e. The molecular weight excluding hydrogens is 352 g/mol. The molecule has 0 aromatic carbocycles. The van der Waals surface area contributed by atoms with E-state index in [0.717, 1.165) is 11.0 Å². The Balaban J connectivity index is 2.51. The van der Waals surface area contributed by atoms with Crippen molar-refractivity contribution in [2.75, 3.05) is 45.7 Å². The lowest BCUT2D eigenvalue weighted by atomic mass is 10.3. The Hall–Kier alpha value is -1.51. The summed E-state index contributed by atoms with van der Waals surface area (Å²) in [5, 5.41) is 5.76. The van der Waals surface area contributed by atoms with Gasteiger partial charge >= 0.3 is 5.97 Å². The highest BCUT2D eigenvalue weighted by molar-refractivity contribution is 9.10. The zero-order valence-corrected chi connectivity index (χ0v) is 14.4. The summed E-state index contributed by atoms with van der Waals surface area (Å²) in [7, 11) is 3.19. The van der Waals surface area contributed by atoms with Crippen LogP contribution in [0.2, 0.25) is 0 Å². The summed E-state index contributed by atoms with van der Waals surface area (Å²) in [4.78, 5) is 29.3. The van der Waals surface area contributed by atoms with Gasteiger partial charge in [0.05, 0.1) is 20.1 Å². The minimum Gasteiger partial charge on any atom is -0.469 e. The van der Waals surface area contributed by atoms with Crippen molar-refractivity contribution in [3.8, 4) is 0 Å². The number of esters is 1. The molecule has 7 nitrogen and oxygen atoms in total. The fourth-order valence-corrected chi connectivity index (χ4v) is 2.08. The second kappa shape index (κ2) is 10.3. The van der Waals surface area contributed by atoms with Crippen LogP contribution in [-0.2, 0) is 14.3 Å². The number of hydrogen-bond acceptors (Lipinski definition) is 6. The van der Waals surface area contributed by atoms with Crippen molar-refractivity contribution in [3.05, 3.63) is 22.8 Å². The van der Waals surface area contributed by atoms with Gasteiger partial charge in [-0.3, -0.25) is 14.5 Å². The highest BCUT2D eigenvalue weighted by Crippen LogP contribution is 2.12. The average molecular weight is 373 g/mol. The molecule has 1 aromatic rings. The number of methoxy groups -OCH3 is 1. The highest BCUT2D eigenvalue weighted by Gasteiger charge is 2.13. The van der Waals surface area contributed by atoms with Gasteiger partial charge in [0, 0.05) is 30.3 Å². The number of hydrogen-bond donors (Lipinski definition) is 2. The zero-order chi connectivity index (χ0) is 16.4. The van der Waals surface area contributed by atoms with Gasteiger partial charge in [-0.15, -0.1) is 0 Å². The van der Waals surface area contributed by atoms with Crippen molar-refractivity contribution in [2.24, 2.45) is 0 Å². The van der Waals surface area contributed by atoms with E-state index in [2.05, 4.69) is 36.3 Å². The van der Waals surface area contributed by atoms with Crippen LogP contribution < -0.4 is 10.6 Å². The monoisotopic (exact) mass is 372 g/mol. The van der Waals surface area contributed by atoms with Crippen molar-refractivity contribution in [3.63, 3.8) is 0 Å². The number of halogens is 1. The van der Waals surface area contributed by atoms with Crippen LogP contribution in [0.1, 0.15) is 6.42 Å². The van der Waals surface area contributed by atoms with Gasteiger partial charge in [0.1, 0.15) is 5.82 Å². The maximum absolute atomic E-state index is 12.1. The summed E-state index contributed by atoms with van der Waals surface area (Å²) in [5.74, 6) is 0.0241. The van der Waals surface area contributed by atoms with Crippen LogP contribution in [0.4, 0.5) is 5.82 Å². The van der Waals surface area contributed by atoms with E-state index in [-0.39, 0.29) is 24.8 Å². The number of pyridine rings is 1. The van der Waals surface area contributed by atoms with Crippen molar-refractivity contribution < 1.29 is 14.3 Å². The van der Waals surface area contributed by atoms with Crippen LogP contribution >= 0.6 is 15.9 Å². The molecule has 8 heteroatoms. The number of likely N-dealkylation sites (N-methyl/N-ethyl adjacent to an activating group) is 1. The van der Waals surface area contributed by atoms with Gasteiger partial charge in [-0.25, -0.2) is 4.98 Å². The van der Waals surface area contributed by atoms with E-state index >= 15 is 0 Å². The lowest BCUT2D eigenvalue weighted by Gasteiger charge is -2.21. The second-order valence-corrected chi connectivity index (χ2v) is 5.53. The first-order valence-electron chi connectivity index (χ1n) is 6.90. The van der Waals surface area contributed by atoms with Gasteiger partial charge in [0.25, 0.3) is 0 Å². The number of rotatable bonds is 9. The van der Waals surface area contributed by atoms with E-state index in [9.17, 15) is 9.59 Å². The molecule has 0 radical (unpaired) electrons. The van der Waals surface area contributed by atoms with E-state index in [1.165, 1.54) is 7.11 Å². The van der Waals surface area contributed by atoms with Crippen LogP contribution in [-0.4, -0.2) is 62.1 Å². The molecule has 122 valence electrons. The van der Waals surface area contributed by atoms with Crippen molar-refractivity contribution in [1.29, 1.82) is 0 Å². The fraction of sp³-hybridized carbons (Fsp3) is 0.500. The standard InChI is InChI=1S/C14H21BrN4O3/c1-16-6-8-19(7-4-14(21)22-2)10-13(20)18-12-9-11(15)3-5-17-12/h3,5,9,16H,4,6-8,10H2,1-2H3,(H,17,18,20). The third-order valence-electron chi connectivity index (χ3n) is 2.89. The number of nitrogens with zero attached hydrogens (tertiary/aromatic N) is 2. The normalized spacial score (nSPS) is 10.5. The average Bonchev–Trinajstić information content (AvgIpc) is 2.49. The zero-order valence-electron chi connectivity index (χ0n) is 12.8. The number of anilines is 1. The minimum absolute atomic E-state index is 0.174. The topological polar surface area (TPSA) is 83.6 Å². The van der Waals surface area contributed by atoms with E-state index in [4.69, 9.17) is 0 Å². The van der Waals surface area contributed by atoms with Crippen LogP contribution in [0.5, 0.6) is 0 Å². The minimum atomic E-state index is -0.288. The molecule has 0 atom stereocenters. The van der Waals surface area contributed by atoms with Crippen molar-refractivity contribution >= 4 is 33.6 Å². The number of carbonyl (C=O) groups excluding carboxylic acids is 2. The van der Waals surface area contributed by atoms with Crippen LogP contribution in [0.25, 0.3) is 0 Å². The molecule has 22 heavy (non-hydrogen) atoms. The summed E-state index contributed by atoms with van der Waals surface area (Å²) < 4.78 is 5.46. The quantitative estimate of drug-likeness (QED) is 0.625. The van der Waals surface area contributed by atoms with Crippen LogP contribution in [0.15, 0.2) is 22.8 Å². The number of amides is 1. The third-order valence-corrected chi connectivity index (χ3v) is 3.39. The molecule has 0 unspecified atom stereocenters. The Morgan fingerprint density at radius 3 is 2.82 bits per heavy atom. The Kier molecular flexibility index (Phi) is 8.64. The summed E-state index contributed by atoms with van der Waals surface area (Å²) in [5.41, 5.74) is 0. The molecule has 1 aromatic heterocycles. The number of ether oxygens (including phenoxy) is 1. The molecule has 1 heterocycles. The molecule has 0 aliphatic rings. The molecule has 0 bridgehead atoms. The molecule has 0 aliphatic carbocycles. The summed E-state index contributed by atoms with van der Waals surface area (Å²) in [6.45, 7) is 2.04. The maximum Gasteiger partial charge on any atom is 0.306 e. The molecule has 1 rings (SSSR count). The molecular formula is C14H21BrN4O3. The lowest BCUT2D eigenvalue weighted by molar-refractivity contribution is -0.141. The van der Waals surface area contributed by atoms with Gasteiger partial charge in [0.15, 0.2) is 0 Å². The van der Waals surface area contributed by atoms with Gasteiger partial charge in [-0.2, -0.15) is 0 Å². The Labute approximate surface area is 138 Å². The lowest BCUT2D eigenvalue weighted by Crippen LogP contribution is -2.38. The number of carbonyl (C=O) groups is 2.